The number of rotatable bonds is 5. The number of halogens is 3. The second-order valence-electron chi connectivity index (χ2n) is 5.24. The quantitative estimate of drug-likeness (QED) is 0.488. The highest BCUT2D eigenvalue weighted by Crippen LogP contribution is 2.33. The number of tetrazole rings is 1. The Hall–Kier alpha value is -2.75. The van der Waals surface area contributed by atoms with Gasteiger partial charge in [0.05, 0.1) is 20.7 Å². The molecule has 0 spiro atoms. The van der Waals surface area contributed by atoms with Gasteiger partial charge in [0.25, 0.3) is 5.69 Å². The molecule has 0 radical (unpaired) electrons. The Labute approximate surface area is 167 Å². The van der Waals surface area contributed by atoms with E-state index in [0.29, 0.717) is 10.6 Å². The number of nitro benzene ring substituents is 1. The van der Waals surface area contributed by atoms with Crippen LogP contribution < -0.4 is 5.32 Å². The van der Waals surface area contributed by atoms with Gasteiger partial charge in [0.1, 0.15) is 6.54 Å². The molecule has 0 atom stereocenters. The summed E-state index contributed by atoms with van der Waals surface area (Å²) < 4.78 is 0. The number of non-ortho nitro benzene ring substituents is 1. The van der Waals surface area contributed by atoms with Gasteiger partial charge in [-0.3, -0.25) is 14.9 Å². The Morgan fingerprint density at radius 1 is 1.15 bits per heavy atom. The number of carbonyl (C=O) groups is 1. The number of amides is 1. The maximum absolute atomic E-state index is 12.2. The first-order chi connectivity index (χ1) is 12.8. The van der Waals surface area contributed by atoms with Gasteiger partial charge in [0, 0.05) is 22.7 Å². The van der Waals surface area contributed by atoms with E-state index in [4.69, 9.17) is 34.8 Å². The zero-order valence-corrected chi connectivity index (χ0v) is 15.5. The van der Waals surface area contributed by atoms with E-state index in [1.54, 1.807) is 0 Å². The molecule has 0 aliphatic carbocycles. The topological polar surface area (TPSA) is 116 Å². The van der Waals surface area contributed by atoms with Crippen molar-refractivity contribution in [2.45, 2.75) is 6.54 Å². The monoisotopic (exact) mass is 426 g/mol. The molecule has 1 amide bonds. The average molecular weight is 428 g/mol. The van der Waals surface area contributed by atoms with Gasteiger partial charge in [-0.25, -0.2) is 0 Å². The normalized spacial score (nSPS) is 10.6. The molecule has 1 N–H and O–H groups in total. The predicted octanol–water partition coefficient (Wildman–Crippen LogP) is 3.85. The van der Waals surface area contributed by atoms with Gasteiger partial charge >= 0.3 is 0 Å². The van der Waals surface area contributed by atoms with Crippen LogP contribution in [0.5, 0.6) is 0 Å². The van der Waals surface area contributed by atoms with Crippen molar-refractivity contribution in [3.63, 3.8) is 0 Å². The van der Waals surface area contributed by atoms with Gasteiger partial charge in [-0.1, -0.05) is 34.8 Å². The average Bonchev–Trinajstić information content (AvgIpc) is 3.06. The summed E-state index contributed by atoms with van der Waals surface area (Å²) in [4.78, 5) is 23.4. The zero-order valence-electron chi connectivity index (χ0n) is 13.3. The van der Waals surface area contributed by atoms with Crippen LogP contribution >= 0.6 is 34.8 Å². The van der Waals surface area contributed by atoms with Crippen LogP contribution in [0.2, 0.25) is 15.1 Å². The molecule has 0 fully saturated rings. The molecule has 1 heterocycles. The second kappa shape index (κ2) is 7.87. The Balaban J connectivity index is 1.70. The van der Waals surface area contributed by atoms with Crippen molar-refractivity contribution in [3.8, 4) is 11.4 Å². The third-order valence-corrected chi connectivity index (χ3v) is 4.16. The van der Waals surface area contributed by atoms with Crippen molar-refractivity contribution in [1.29, 1.82) is 0 Å². The number of nitrogens with zero attached hydrogens (tertiary/aromatic N) is 5. The summed E-state index contributed by atoms with van der Waals surface area (Å²) in [6.45, 7) is -0.241. The first-order valence-electron chi connectivity index (χ1n) is 7.30. The first-order valence-corrected chi connectivity index (χ1v) is 8.44. The Kier molecular flexibility index (Phi) is 5.54. The van der Waals surface area contributed by atoms with Crippen LogP contribution in [0.25, 0.3) is 11.4 Å². The van der Waals surface area contributed by atoms with Gasteiger partial charge in [0.15, 0.2) is 0 Å². The molecule has 12 heteroatoms. The number of hydrogen-bond acceptors (Lipinski definition) is 6. The van der Waals surface area contributed by atoms with E-state index >= 15 is 0 Å². The van der Waals surface area contributed by atoms with Crippen molar-refractivity contribution in [2.24, 2.45) is 0 Å². The summed E-state index contributed by atoms with van der Waals surface area (Å²) in [5.74, 6) is -0.256. The van der Waals surface area contributed by atoms with Crippen LogP contribution in [0.1, 0.15) is 0 Å². The van der Waals surface area contributed by atoms with Crippen LogP contribution in [-0.2, 0) is 11.3 Å². The van der Waals surface area contributed by atoms with Gasteiger partial charge in [-0.05, 0) is 29.5 Å². The Morgan fingerprint density at radius 3 is 2.37 bits per heavy atom. The van der Waals surface area contributed by atoms with E-state index in [0.717, 1.165) is 4.80 Å². The number of carbonyl (C=O) groups excluding carboxylic acids is 1. The van der Waals surface area contributed by atoms with E-state index in [-0.39, 0.29) is 33.8 Å². The number of aromatic nitrogens is 4. The highest BCUT2D eigenvalue weighted by molar-refractivity contribution is 6.42. The highest BCUT2D eigenvalue weighted by Gasteiger charge is 2.14. The van der Waals surface area contributed by atoms with Crippen LogP contribution in [-0.4, -0.2) is 31.0 Å². The summed E-state index contributed by atoms with van der Waals surface area (Å²) >= 11 is 17.9. The summed E-state index contributed by atoms with van der Waals surface area (Å²) in [5, 5.41) is 25.7. The van der Waals surface area contributed by atoms with Gasteiger partial charge in [-0.15, -0.1) is 10.2 Å². The minimum atomic E-state index is -0.509. The lowest BCUT2D eigenvalue weighted by Gasteiger charge is -2.09. The minimum Gasteiger partial charge on any atom is -0.322 e. The van der Waals surface area contributed by atoms with E-state index in [1.165, 1.54) is 36.4 Å². The van der Waals surface area contributed by atoms with Crippen LogP contribution in [0.3, 0.4) is 0 Å². The molecular formula is C15H9Cl3N6O3. The van der Waals surface area contributed by atoms with Crippen LogP contribution in [0.4, 0.5) is 11.4 Å². The molecule has 138 valence electrons. The summed E-state index contributed by atoms with van der Waals surface area (Å²) in [6, 6.07) is 8.54. The highest BCUT2D eigenvalue weighted by atomic mass is 35.5. The number of benzene rings is 2. The maximum atomic E-state index is 12.2. The van der Waals surface area contributed by atoms with Crippen molar-refractivity contribution in [3.05, 3.63) is 61.6 Å². The van der Waals surface area contributed by atoms with Crippen LogP contribution in [0.15, 0.2) is 36.4 Å². The van der Waals surface area contributed by atoms with Crippen LogP contribution in [0, 0.1) is 10.1 Å². The summed E-state index contributed by atoms with van der Waals surface area (Å²) in [7, 11) is 0. The lowest BCUT2D eigenvalue weighted by Crippen LogP contribution is -2.20. The molecule has 0 bridgehead atoms. The lowest BCUT2D eigenvalue weighted by atomic mass is 10.2. The molecule has 27 heavy (non-hydrogen) atoms. The molecule has 3 aromatic rings. The molecule has 9 nitrogen and oxygen atoms in total. The van der Waals surface area contributed by atoms with E-state index in [1.807, 2.05) is 0 Å². The van der Waals surface area contributed by atoms with Gasteiger partial charge in [0.2, 0.25) is 11.7 Å². The summed E-state index contributed by atoms with van der Waals surface area (Å²) in [5.41, 5.74) is 0.696. The van der Waals surface area contributed by atoms with Crippen molar-refractivity contribution in [2.75, 3.05) is 5.32 Å². The Morgan fingerprint density at radius 2 is 1.78 bits per heavy atom. The fourth-order valence-electron chi connectivity index (χ4n) is 2.13. The number of anilines is 1. The standard InChI is InChI=1S/C15H9Cl3N6O3/c16-9-5-11(17)14(12(18)6-9)19-13(25)7-23-21-15(20-22-23)8-1-3-10(4-2-8)24(26)27/h1-6H,7H2,(H,19,25). The third-order valence-electron chi connectivity index (χ3n) is 3.35. The first kappa shape index (κ1) is 19.0. The van der Waals surface area contributed by atoms with E-state index in [9.17, 15) is 14.9 Å². The maximum Gasteiger partial charge on any atom is 0.269 e. The predicted molar refractivity (Wildman–Crippen MR) is 100 cm³/mol. The van der Waals surface area contributed by atoms with Crippen molar-refractivity contribution >= 4 is 52.1 Å². The van der Waals surface area contributed by atoms with Gasteiger partial charge in [-0.2, -0.15) is 4.80 Å². The molecule has 1 aromatic heterocycles. The molecule has 2 aromatic carbocycles. The smallest absolute Gasteiger partial charge is 0.269 e. The van der Waals surface area contributed by atoms with E-state index in [2.05, 4.69) is 20.7 Å². The minimum absolute atomic E-state index is 0.0535. The fraction of sp³-hybridized carbons (Fsp3) is 0.0667. The number of nitro groups is 1. The second-order valence-corrected chi connectivity index (χ2v) is 6.49. The van der Waals surface area contributed by atoms with E-state index < -0.39 is 10.8 Å². The number of nitrogens with one attached hydrogen (secondary N) is 1. The molecule has 0 aliphatic heterocycles. The zero-order chi connectivity index (χ0) is 19.6. The molecule has 3 rings (SSSR count). The lowest BCUT2D eigenvalue weighted by molar-refractivity contribution is -0.384. The SMILES string of the molecule is O=C(Cn1nnc(-c2ccc([N+](=O)[O-])cc2)n1)Nc1c(Cl)cc(Cl)cc1Cl. The van der Waals surface area contributed by atoms with Gasteiger partial charge < -0.3 is 5.32 Å². The molecule has 0 saturated heterocycles. The molecule has 0 saturated carbocycles. The van der Waals surface area contributed by atoms with Crippen molar-refractivity contribution < 1.29 is 9.72 Å². The fourth-order valence-corrected chi connectivity index (χ4v) is 3.04. The molecule has 0 aliphatic rings. The largest absolute Gasteiger partial charge is 0.322 e. The van der Waals surface area contributed by atoms with Crippen molar-refractivity contribution in [1.82, 2.24) is 20.2 Å². The molecular weight excluding hydrogens is 419 g/mol. The molecule has 0 unspecified atom stereocenters. The number of hydrogen-bond donors (Lipinski definition) is 1. The Bertz CT molecular complexity index is 999. The summed E-state index contributed by atoms with van der Waals surface area (Å²) in [6.07, 6.45) is 0. The third kappa shape index (κ3) is 4.51.